The first kappa shape index (κ1) is 11.8. The summed E-state index contributed by atoms with van der Waals surface area (Å²) < 4.78 is 0. The second kappa shape index (κ2) is 4.66. The van der Waals surface area contributed by atoms with Gasteiger partial charge in [0.15, 0.2) is 0 Å². The minimum atomic E-state index is 0.0885. The Kier molecular flexibility index (Phi) is 3.23. The number of hydrogen-bond donors (Lipinski definition) is 0. The van der Waals surface area contributed by atoms with Crippen molar-refractivity contribution in [2.24, 2.45) is 0 Å². The Balaban J connectivity index is 2.20. The van der Waals surface area contributed by atoms with E-state index in [1.165, 1.54) is 11.1 Å². The molecule has 0 spiro atoms. The first-order valence-corrected chi connectivity index (χ1v) is 5.90. The molecule has 2 heterocycles. The molecule has 2 aromatic heterocycles. The highest BCUT2D eigenvalue weighted by molar-refractivity contribution is 5.24. The highest BCUT2D eigenvalue weighted by Crippen LogP contribution is 2.26. The van der Waals surface area contributed by atoms with Crippen molar-refractivity contribution in [1.82, 2.24) is 9.97 Å². The van der Waals surface area contributed by atoms with Gasteiger partial charge in [-0.3, -0.25) is 9.97 Å². The summed E-state index contributed by atoms with van der Waals surface area (Å²) in [6, 6.07) is 8.38. The number of hydrogen-bond acceptors (Lipinski definition) is 2. The molecule has 0 bridgehead atoms. The van der Waals surface area contributed by atoms with Crippen molar-refractivity contribution in [3.05, 3.63) is 59.7 Å². The van der Waals surface area contributed by atoms with Gasteiger partial charge in [-0.05, 0) is 48.1 Å². The van der Waals surface area contributed by atoms with E-state index < -0.39 is 0 Å². The van der Waals surface area contributed by atoms with Crippen molar-refractivity contribution in [2.45, 2.75) is 32.6 Å². The smallest absolute Gasteiger partial charge is 0.0412 e. The van der Waals surface area contributed by atoms with Crippen molar-refractivity contribution >= 4 is 0 Å². The van der Waals surface area contributed by atoms with Crippen molar-refractivity contribution in [2.75, 3.05) is 0 Å². The van der Waals surface area contributed by atoms with Gasteiger partial charge in [0.1, 0.15) is 0 Å². The van der Waals surface area contributed by atoms with Crippen LogP contribution in [0.3, 0.4) is 0 Å². The molecule has 2 rings (SSSR count). The van der Waals surface area contributed by atoms with E-state index in [1.54, 1.807) is 0 Å². The third-order valence-electron chi connectivity index (χ3n) is 3.06. The molecule has 0 amide bonds. The Morgan fingerprint density at radius 3 is 2.35 bits per heavy atom. The molecule has 0 saturated carbocycles. The Labute approximate surface area is 103 Å². The van der Waals surface area contributed by atoms with E-state index >= 15 is 0 Å². The predicted octanol–water partition coefficient (Wildman–Crippen LogP) is 3.31. The molecule has 0 N–H and O–H groups in total. The molecule has 17 heavy (non-hydrogen) atoms. The van der Waals surface area contributed by atoms with Crippen molar-refractivity contribution in [3.8, 4) is 0 Å². The van der Waals surface area contributed by atoms with Crippen molar-refractivity contribution in [3.63, 3.8) is 0 Å². The van der Waals surface area contributed by atoms with Gasteiger partial charge < -0.3 is 0 Å². The molecule has 88 valence electrons. The van der Waals surface area contributed by atoms with Crippen LogP contribution >= 0.6 is 0 Å². The lowest BCUT2D eigenvalue weighted by atomic mass is 9.81. The van der Waals surface area contributed by atoms with Gasteiger partial charge in [0.05, 0.1) is 0 Å². The lowest BCUT2D eigenvalue weighted by molar-refractivity contribution is 0.514. The zero-order chi connectivity index (χ0) is 12.3. The average Bonchev–Trinajstić information content (AvgIpc) is 2.33. The summed E-state index contributed by atoms with van der Waals surface area (Å²) in [7, 11) is 0. The third kappa shape index (κ3) is 2.90. The van der Waals surface area contributed by atoms with Crippen LogP contribution < -0.4 is 0 Å². The summed E-state index contributed by atoms with van der Waals surface area (Å²) in [6.07, 6.45) is 6.56. The van der Waals surface area contributed by atoms with Gasteiger partial charge in [0.25, 0.3) is 0 Å². The van der Waals surface area contributed by atoms with Gasteiger partial charge in [0.2, 0.25) is 0 Å². The number of aromatic nitrogens is 2. The zero-order valence-corrected chi connectivity index (χ0v) is 10.6. The van der Waals surface area contributed by atoms with Gasteiger partial charge in [-0.1, -0.05) is 19.9 Å². The first-order valence-electron chi connectivity index (χ1n) is 5.90. The number of aryl methyl sites for hydroxylation is 1. The molecule has 0 aliphatic carbocycles. The zero-order valence-electron chi connectivity index (χ0n) is 10.6. The van der Waals surface area contributed by atoms with Gasteiger partial charge in [-0.25, -0.2) is 0 Å². The summed E-state index contributed by atoms with van der Waals surface area (Å²) in [4.78, 5) is 8.54. The summed E-state index contributed by atoms with van der Waals surface area (Å²) in [5.74, 6) is 0. The molecule has 2 heteroatoms. The van der Waals surface area contributed by atoms with Crippen molar-refractivity contribution < 1.29 is 0 Å². The quantitative estimate of drug-likeness (QED) is 0.802. The van der Waals surface area contributed by atoms with Crippen LogP contribution in [-0.2, 0) is 11.8 Å². The maximum Gasteiger partial charge on any atom is 0.0412 e. The van der Waals surface area contributed by atoms with Crippen LogP contribution in [0.15, 0.2) is 42.9 Å². The topological polar surface area (TPSA) is 25.8 Å². The maximum absolute atomic E-state index is 4.47. The van der Waals surface area contributed by atoms with Gasteiger partial charge >= 0.3 is 0 Å². The molecular weight excluding hydrogens is 208 g/mol. The van der Waals surface area contributed by atoms with Crippen LogP contribution in [0, 0.1) is 6.92 Å². The Bertz CT molecular complexity index is 472. The van der Waals surface area contributed by atoms with Crippen molar-refractivity contribution in [1.29, 1.82) is 0 Å². The molecule has 0 atom stereocenters. The van der Waals surface area contributed by atoms with E-state index in [-0.39, 0.29) is 5.41 Å². The summed E-state index contributed by atoms with van der Waals surface area (Å²) >= 11 is 0. The van der Waals surface area contributed by atoms with Crippen LogP contribution in [-0.4, -0.2) is 9.97 Å². The Morgan fingerprint density at radius 2 is 1.76 bits per heavy atom. The number of pyridine rings is 2. The monoisotopic (exact) mass is 226 g/mol. The lowest BCUT2D eigenvalue weighted by Crippen LogP contribution is -2.21. The maximum atomic E-state index is 4.47. The molecule has 2 aromatic rings. The highest BCUT2D eigenvalue weighted by Gasteiger charge is 2.21. The van der Waals surface area contributed by atoms with E-state index in [1.807, 2.05) is 18.6 Å². The molecule has 0 fully saturated rings. The summed E-state index contributed by atoms with van der Waals surface area (Å²) in [5.41, 5.74) is 3.73. The molecule has 0 saturated heterocycles. The standard InChI is InChI=1S/C15H18N2/c1-12-4-5-14(17-11-12)10-15(2,3)13-6-8-16-9-7-13/h4-9,11H,10H2,1-3H3. The molecule has 0 aliphatic rings. The fraction of sp³-hybridized carbons (Fsp3) is 0.333. The Morgan fingerprint density at radius 1 is 1.06 bits per heavy atom. The van der Waals surface area contributed by atoms with Crippen LogP contribution in [0.2, 0.25) is 0 Å². The first-order chi connectivity index (χ1) is 8.08. The molecule has 0 aliphatic heterocycles. The molecule has 0 radical (unpaired) electrons. The van der Waals surface area contributed by atoms with Crippen LogP contribution in [0.25, 0.3) is 0 Å². The highest BCUT2D eigenvalue weighted by atomic mass is 14.7. The van der Waals surface area contributed by atoms with Gasteiger partial charge in [-0.15, -0.1) is 0 Å². The largest absolute Gasteiger partial charge is 0.265 e. The fourth-order valence-electron chi connectivity index (χ4n) is 1.96. The predicted molar refractivity (Wildman–Crippen MR) is 69.9 cm³/mol. The van der Waals surface area contributed by atoms with E-state index in [0.717, 1.165) is 12.1 Å². The second-order valence-corrected chi connectivity index (χ2v) is 5.12. The van der Waals surface area contributed by atoms with E-state index in [9.17, 15) is 0 Å². The SMILES string of the molecule is Cc1ccc(CC(C)(C)c2ccncc2)nc1. The normalized spacial score (nSPS) is 11.5. The third-order valence-corrected chi connectivity index (χ3v) is 3.06. The van der Waals surface area contributed by atoms with Gasteiger partial charge in [-0.2, -0.15) is 0 Å². The lowest BCUT2D eigenvalue weighted by Gasteiger charge is -2.24. The average molecular weight is 226 g/mol. The summed E-state index contributed by atoms with van der Waals surface area (Å²) in [5, 5.41) is 0. The number of nitrogens with zero attached hydrogens (tertiary/aromatic N) is 2. The number of rotatable bonds is 3. The van der Waals surface area contributed by atoms with E-state index in [2.05, 4.69) is 55.0 Å². The summed E-state index contributed by atoms with van der Waals surface area (Å²) in [6.45, 7) is 6.54. The van der Waals surface area contributed by atoms with Crippen LogP contribution in [0.1, 0.15) is 30.7 Å². The van der Waals surface area contributed by atoms with Crippen LogP contribution in [0.5, 0.6) is 0 Å². The minimum absolute atomic E-state index is 0.0885. The molecule has 0 unspecified atom stereocenters. The van der Waals surface area contributed by atoms with Crippen LogP contribution in [0.4, 0.5) is 0 Å². The Hall–Kier alpha value is -1.70. The van der Waals surface area contributed by atoms with E-state index in [0.29, 0.717) is 0 Å². The second-order valence-electron chi connectivity index (χ2n) is 5.12. The fourth-order valence-corrected chi connectivity index (χ4v) is 1.96. The molecule has 0 aromatic carbocycles. The van der Waals surface area contributed by atoms with E-state index in [4.69, 9.17) is 0 Å². The molecular formula is C15H18N2. The minimum Gasteiger partial charge on any atom is -0.265 e. The molecule has 2 nitrogen and oxygen atoms in total. The van der Waals surface area contributed by atoms with Gasteiger partial charge in [0, 0.05) is 24.3 Å².